The summed E-state index contributed by atoms with van der Waals surface area (Å²) in [6, 6.07) is 15.2. The molecular formula is C20H22FNO. The molecule has 120 valence electrons. The average Bonchev–Trinajstić information content (AvgIpc) is 2.57. The zero-order valence-corrected chi connectivity index (χ0v) is 13.5. The summed E-state index contributed by atoms with van der Waals surface area (Å²) in [5.74, 6) is 0.384. The number of hydrogen-bond donors (Lipinski definition) is 0. The summed E-state index contributed by atoms with van der Waals surface area (Å²) >= 11 is 0. The Morgan fingerprint density at radius 1 is 1.13 bits per heavy atom. The van der Waals surface area contributed by atoms with Crippen molar-refractivity contribution in [1.29, 1.82) is 0 Å². The fourth-order valence-corrected chi connectivity index (χ4v) is 3.30. The summed E-state index contributed by atoms with van der Waals surface area (Å²) in [6.07, 6.45) is 3.20. The standard InChI is InChI=1S/C20H22FNO/c1-15(23)18-7-8-19(21)20(14-18)22-11-9-17(10-12-22)13-16-5-3-2-4-6-16/h2-8,14,17H,9-13H2,1H3. The van der Waals surface area contributed by atoms with Crippen LogP contribution in [0.1, 0.15) is 35.7 Å². The Kier molecular flexibility index (Phi) is 4.75. The molecule has 0 aromatic heterocycles. The molecule has 0 spiro atoms. The molecule has 0 amide bonds. The van der Waals surface area contributed by atoms with E-state index < -0.39 is 0 Å². The van der Waals surface area contributed by atoms with Gasteiger partial charge in [0.1, 0.15) is 5.82 Å². The van der Waals surface area contributed by atoms with Crippen LogP contribution in [0.15, 0.2) is 48.5 Å². The van der Waals surface area contributed by atoms with Gasteiger partial charge in [0.05, 0.1) is 5.69 Å². The van der Waals surface area contributed by atoms with Gasteiger partial charge < -0.3 is 4.90 Å². The minimum atomic E-state index is -0.239. The highest BCUT2D eigenvalue weighted by molar-refractivity contribution is 5.95. The molecule has 2 nitrogen and oxygen atoms in total. The molecular weight excluding hydrogens is 289 g/mol. The van der Waals surface area contributed by atoms with E-state index in [2.05, 4.69) is 29.2 Å². The lowest BCUT2D eigenvalue weighted by Crippen LogP contribution is -2.35. The van der Waals surface area contributed by atoms with E-state index >= 15 is 0 Å². The number of rotatable bonds is 4. The number of nitrogens with zero attached hydrogens (tertiary/aromatic N) is 1. The zero-order valence-electron chi connectivity index (χ0n) is 13.5. The van der Waals surface area contributed by atoms with Crippen LogP contribution < -0.4 is 4.90 Å². The maximum atomic E-state index is 14.1. The van der Waals surface area contributed by atoms with Gasteiger partial charge in [-0.3, -0.25) is 4.79 Å². The molecule has 3 rings (SSSR count). The molecule has 1 aliphatic heterocycles. The van der Waals surface area contributed by atoms with Gasteiger partial charge in [0.2, 0.25) is 0 Å². The summed E-state index contributed by atoms with van der Waals surface area (Å²) in [7, 11) is 0. The Labute approximate surface area is 136 Å². The molecule has 0 aliphatic carbocycles. The third-order valence-electron chi connectivity index (χ3n) is 4.68. The zero-order chi connectivity index (χ0) is 16.2. The lowest BCUT2D eigenvalue weighted by molar-refractivity contribution is 0.101. The third-order valence-corrected chi connectivity index (χ3v) is 4.68. The fourth-order valence-electron chi connectivity index (χ4n) is 3.30. The lowest BCUT2D eigenvalue weighted by Gasteiger charge is -2.34. The van der Waals surface area contributed by atoms with Crippen molar-refractivity contribution in [3.63, 3.8) is 0 Å². The molecule has 0 N–H and O–H groups in total. The van der Waals surface area contributed by atoms with Gasteiger partial charge in [0.15, 0.2) is 5.78 Å². The number of carbonyl (C=O) groups is 1. The summed E-state index contributed by atoms with van der Waals surface area (Å²) in [5, 5.41) is 0. The van der Waals surface area contributed by atoms with E-state index in [4.69, 9.17) is 0 Å². The topological polar surface area (TPSA) is 20.3 Å². The maximum absolute atomic E-state index is 14.1. The minimum absolute atomic E-state index is 0.0230. The highest BCUT2D eigenvalue weighted by Gasteiger charge is 2.22. The Hall–Kier alpha value is -2.16. The monoisotopic (exact) mass is 311 g/mol. The van der Waals surface area contributed by atoms with E-state index in [0.29, 0.717) is 17.2 Å². The van der Waals surface area contributed by atoms with Crippen molar-refractivity contribution in [2.24, 2.45) is 5.92 Å². The van der Waals surface area contributed by atoms with Crippen molar-refractivity contribution in [3.05, 3.63) is 65.5 Å². The second-order valence-electron chi connectivity index (χ2n) is 6.34. The molecule has 1 heterocycles. The number of carbonyl (C=O) groups excluding carboxylic acids is 1. The lowest BCUT2D eigenvalue weighted by atomic mass is 9.90. The maximum Gasteiger partial charge on any atom is 0.159 e. The third kappa shape index (κ3) is 3.79. The number of halogens is 1. The van der Waals surface area contributed by atoms with Crippen molar-refractivity contribution in [1.82, 2.24) is 0 Å². The first kappa shape index (κ1) is 15.7. The van der Waals surface area contributed by atoms with E-state index in [9.17, 15) is 9.18 Å². The molecule has 0 unspecified atom stereocenters. The normalized spacial score (nSPS) is 15.7. The summed E-state index contributed by atoms with van der Waals surface area (Å²) in [6.45, 7) is 3.20. The predicted molar refractivity (Wildman–Crippen MR) is 91.5 cm³/mol. The van der Waals surface area contributed by atoms with Crippen molar-refractivity contribution in [3.8, 4) is 0 Å². The van der Waals surface area contributed by atoms with Gasteiger partial charge >= 0.3 is 0 Å². The SMILES string of the molecule is CC(=O)c1ccc(F)c(N2CCC(Cc3ccccc3)CC2)c1. The van der Waals surface area contributed by atoms with Crippen LogP contribution in [0, 0.1) is 11.7 Å². The van der Waals surface area contributed by atoms with Gasteiger partial charge in [-0.25, -0.2) is 4.39 Å². The van der Waals surface area contributed by atoms with Crippen molar-refractivity contribution >= 4 is 11.5 Å². The fraction of sp³-hybridized carbons (Fsp3) is 0.350. The van der Waals surface area contributed by atoms with Crippen LogP contribution in [0.2, 0.25) is 0 Å². The first-order valence-corrected chi connectivity index (χ1v) is 8.23. The number of anilines is 1. The van der Waals surface area contributed by atoms with E-state index in [0.717, 1.165) is 32.4 Å². The van der Waals surface area contributed by atoms with Gasteiger partial charge in [-0.1, -0.05) is 30.3 Å². The molecule has 0 atom stereocenters. The second kappa shape index (κ2) is 6.95. The van der Waals surface area contributed by atoms with Crippen LogP contribution in [0.25, 0.3) is 0 Å². The Balaban J connectivity index is 1.65. The van der Waals surface area contributed by atoms with Crippen molar-refractivity contribution < 1.29 is 9.18 Å². The van der Waals surface area contributed by atoms with E-state index in [1.54, 1.807) is 12.1 Å². The summed E-state index contributed by atoms with van der Waals surface area (Å²) in [4.78, 5) is 13.6. The van der Waals surface area contributed by atoms with Gasteiger partial charge in [-0.2, -0.15) is 0 Å². The highest BCUT2D eigenvalue weighted by atomic mass is 19.1. The van der Waals surface area contributed by atoms with Gasteiger partial charge in [0.25, 0.3) is 0 Å². The number of Topliss-reactive ketones (excluding diaryl/α,β-unsaturated/α-hetero) is 1. The molecule has 2 aromatic carbocycles. The van der Waals surface area contributed by atoms with Crippen molar-refractivity contribution in [2.75, 3.05) is 18.0 Å². The molecule has 1 fully saturated rings. The molecule has 3 heteroatoms. The molecule has 0 bridgehead atoms. The molecule has 0 saturated carbocycles. The van der Waals surface area contributed by atoms with E-state index in [1.807, 2.05) is 6.07 Å². The Morgan fingerprint density at radius 2 is 1.83 bits per heavy atom. The number of ketones is 1. The Bertz CT molecular complexity index is 675. The predicted octanol–water partition coefficient (Wildman–Crippen LogP) is 4.49. The summed E-state index contributed by atoms with van der Waals surface area (Å²) < 4.78 is 14.1. The van der Waals surface area contributed by atoms with Crippen LogP contribution >= 0.6 is 0 Å². The molecule has 0 radical (unpaired) electrons. The Morgan fingerprint density at radius 3 is 2.48 bits per heavy atom. The minimum Gasteiger partial charge on any atom is -0.369 e. The van der Waals surface area contributed by atoms with Gasteiger partial charge in [-0.05, 0) is 55.9 Å². The van der Waals surface area contributed by atoms with Crippen LogP contribution in [0.5, 0.6) is 0 Å². The summed E-state index contributed by atoms with van der Waals surface area (Å²) in [5.41, 5.74) is 2.51. The van der Waals surface area contributed by atoms with Crippen LogP contribution in [-0.4, -0.2) is 18.9 Å². The van der Waals surface area contributed by atoms with Crippen LogP contribution in [0.3, 0.4) is 0 Å². The largest absolute Gasteiger partial charge is 0.369 e. The first-order chi connectivity index (χ1) is 11.1. The highest BCUT2D eigenvalue weighted by Crippen LogP contribution is 2.28. The molecule has 2 aromatic rings. The van der Waals surface area contributed by atoms with Gasteiger partial charge in [0, 0.05) is 18.7 Å². The molecule has 1 saturated heterocycles. The number of benzene rings is 2. The van der Waals surface area contributed by atoms with Crippen molar-refractivity contribution in [2.45, 2.75) is 26.2 Å². The second-order valence-corrected chi connectivity index (χ2v) is 6.34. The molecule has 1 aliphatic rings. The average molecular weight is 311 g/mol. The molecule has 23 heavy (non-hydrogen) atoms. The first-order valence-electron chi connectivity index (χ1n) is 8.23. The quantitative estimate of drug-likeness (QED) is 0.776. The van der Waals surface area contributed by atoms with E-state index in [1.165, 1.54) is 18.6 Å². The number of piperidine rings is 1. The van der Waals surface area contributed by atoms with E-state index in [-0.39, 0.29) is 11.6 Å². The van der Waals surface area contributed by atoms with Crippen LogP contribution in [0.4, 0.5) is 10.1 Å². The van der Waals surface area contributed by atoms with Crippen LogP contribution in [-0.2, 0) is 6.42 Å². The smallest absolute Gasteiger partial charge is 0.159 e. The number of hydrogen-bond acceptors (Lipinski definition) is 2. The van der Waals surface area contributed by atoms with Gasteiger partial charge in [-0.15, -0.1) is 0 Å².